The van der Waals surface area contributed by atoms with E-state index in [0.717, 1.165) is 24.2 Å². The standard InChI is InChI=1S/C22H25BrClN7O4S/c1-10-15(24)14(23)16(27-10)20(32)28-12-5-6-31(7-13(12)35-8-11-3-4-11)22-29-17(18(36-22)21(33)34)19-25-9-26-30(19)2/h9,11-13,27H,3-8H2,1-2H3,(H,28,32)(H,33,34). The van der Waals surface area contributed by atoms with E-state index in [-0.39, 0.29) is 28.6 Å². The number of amides is 1. The van der Waals surface area contributed by atoms with Gasteiger partial charge >= 0.3 is 5.97 Å². The second-order valence-corrected chi connectivity index (χ2v) is 11.2. The van der Waals surface area contributed by atoms with Gasteiger partial charge in [0, 0.05) is 32.4 Å². The van der Waals surface area contributed by atoms with Crippen molar-refractivity contribution in [2.75, 3.05) is 24.6 Å². The molecule has 2 aliphatic rings. The number of hydrogen-bond donors (Lipinski definition) is 3. The maximum Gasteiger partial charge on any atom is 0.348 e. The number of hydrogen-bond acceptors (Lipinski definition) is 8. The lowest BCUT2D eigenvalue weighted by molar-refractivity contribution is 0.0146. The minimum atomic E-state index is -1.06. The Morgan fingerprint density at radius 1 is 1.39 bits per heavy atom. The summed E-state index contributed by atoms with van der Waals surface area (Å²) in [5.41, 5.74) is 1.37. The predicted octanol–water partition coefficient (Wildman–Crippen LogP) is 3.49. The molecule has 2 fully saturated rings. The first-order valence-corrected chi connectivity index (χ1v) is 13.5. The summed E-state index contributed by atoms with van der Waals surface area (Å²) in [6, 6.07) is -0.223. The number of H-pyrrole nitrogens is 1. The lowest BCUT2D eigenvalue weighted by Gasteiger charge is -2.38. The van der Waals surface area contributed by atoms with Crippen molar-refractivity contribution in [1.82, 2.24) is 30.0 Å². The van der Waals surface area contributed by atoms with Gasteiger partial charge in [-0.25, -0.2) is 19.4 Å². The SMILES string of the molecule is Cc1[nH]c(C(=O)NC2CCN(c3nc(-c4ncnn4C)c(C(=O)O)s3)CC2OCC2CC2)c(Br)c1Cl. The number of aromatic nitrogens is 5. The molecule has 1 saturated carbocycles. The number of aromatic amines is 1. The summed E-state index contributed by atoms with van der Waals surface area (Å²) in [5, 5.41) is 18.0. The van der Waals surface area contributed by atoms with Gasteiger partial charge in [0.25, 0.3) is 5.91 Å². The highest BCUT2D eigenvalue weighted by Gasteiger charge is 2.36. The number of aryl methyl sites for hydroxylation is 2. The Labute approximate surface area is 224 Å². The molecule has 36 heavy (non-hydrogen) atoms. The summed E-state index contributed by atoms with van der Waals surface area (Å²) < 4.78 is 8.31. The van der Waals surface area contributed by atoms with Crippen molar-refractivity contribution in [3.8, 4) is 11.5 Å². The number of nitrogens with one attached hydrogen (secondary N) is 2. The molecule has 3 aromatic rings. The summed E-state index contributed by atoms with van der Waals surface area (Å²) >= 11 is 10.7. The van der Waals surface area contributed by atoms with Crippen LogP contribution in [0.4, 0.5) is 5.13 Å². The molecule has 1 saturated heterocycles. The first-order valence-electron chi connectivity index (χ1n) is 11.5. The number of thiazole rings is 1. The van der Waals surface area contributed by atoms with Crippen LogP contribution in [-0.2, 0) is 11.8 Å². The van der Waals surface area contributed by atoms with Gasteiger partial charge in [-0.05, 0) is 48.0 Å². The lowest BCUT2D eigenvalue weighted by atomic mass is 10.0. The van der Waals surface area contributed by atoms with Crippen molar-refractivity contribution in [3.63, 3.8) is 0 Å². The third-order valence-corrected chi connectivity index (χ3v) is 9.00. The summed E-state index contributed by atoms with van der Waals surface area (Å²) in [5.74, 6) is -0.381. The molecule has 1 aliphatic carbocycles. The van der Waals surface area contributed by atoms with E-state index >= 15 is 0 Å². The molecule has 3 N–H and O–H groups in total. The first-order chi connectivity index (χ1) is 17.2. The van der Waals surface area contributed by atoms with Crippen molar-refractivity contribution in [2.45, 2.75) is 38.3 Å². The van der Waals surface area contributed by atoms with Gasteiger partial charge in [0.2, 0.25) is 0 Å². The minimum Gasteiger partial charge on any atom is -0.477 e. The molecule has 2 unspecified atom stereocenters. The molecule has 1 aliphatic heterocycles. The quantitative estimate of drug-likeness (QED) is 0.358. The Kier molecular flexibility index (Phi) is 7.07. The normalized spacial score (nSPS) is 20.1. The number of carbonyl (C=O) groups excluding carboxylic acids is 1. The van der Waals surface area contributed by atoms with Crippen molar-refractivity contribution in [3.05, 3.63) is 32.1 Å². The highest BCUT2D eigenvalue weighted by atomic mass is 79.9. The molecule has 3 aromatic heterocycles. The number of carboxylic acid groups (broad SMARTS) is 1. The molecular weight excluding hydrogens is 574 g/mol. The lowest BCUT2D eigenvalue weighted by Crippen LogP contribution is -2.55. The Hall–Kier alpha value is -2.48. The topological polar surface area (TPSA) is 138 Å². The van der Waals surface area contributed by atoms with Crippen molar-refractivity contribution < 1.29 is 19.4 Å². The molecule has 4 heterocycles. The van der Waals surface area contributed by atoms with Crippen LogP contribution in [0.15, 0.2) is 10.8 Å². The van der Waals surface area contributed by atoms with Gasteiger partial charge in [0.15, 0.2) is 11.0 Å². The summed E-state index contributed by atoms with van der Waals surface area (Å²) in [6.07, 6.45) is 3.98. The average Bonchev–Trinajstić information content (AvgIpc) is 3.31. The molecule has 192 valence electrons. The first kappa shape index (κ1) is 25.2. The fourth-order valence-electron chi connectivity index (χ4n) is 4.19. The van der Waals surface area contributed by atoms with Crippen LogP contribution in [0, 0.1) is 12.8 Å². The van der Waals surface area contributed by atoms with Crippen LogP contribution in [0.5, 0.6) is 0 Å². The van der Waals surface area contributed by atoms with Gasteiger partial charge in [-0.3, -0.25) is 4.79 Å². The summed E-state index contributed by atoms with van der Waals surface area (Å²) in [6.45, 7) is 3.47. The molecule has 11 nitrogen and oxygen atoms in total. The van der Waals surface area contributed by atoms with E-state index in [1.165, 1.54) is 11.0 Å². The zero-order valence-corrected chi connectivity index (χ0v) is 22.8. The van der Waals surface area contributed by atoms with E-state index < -0.39 is 5.97 Å². The highest BCUT2D eigenvalue weighted by molar-refractivity contribution is 9.10. The zero-order valence-electron chi connectivity index (χ0n) is 19.6. The number of halogens is 2. The number of carboxylic acids is 1. The zero-order chi connectivity index (χ0) is 25.6. The van der Waals surface area contributed by atoms with Crippen molar-refractivity contribution >= 4 is 55.9 Å². The fraction of sp³-hybridized carbons (Fsp3) is 0.500. The minimum absolute atomic E-state index is 0.107. The van der Waals surface area contributed by atoms with Crippen LogP contribution < -0.4 is 10.2 Å². The fourth-order valence-corrected chi connectivity index (χ4v) is 5.84. The summed E-state index contributed by atoms with van der Waals surface area (Å²) in [7, 11) is 1.69. The van der Waals surface area contributed by atoms with Crippen LogP contribution in [-0.4, -0.2) is 73.6 Å². The van der Waals surface area contributed by atoms with Gasteiger partial charge in [-0.1, -0.05) is 22.9 Å². The van der Waals surface area contributed by atoms with E-state index in [0.29, 0.717) is 63.9 Å². The maximum atomic E-state index is 13.0. The third kappa shape index (κ3) is 5.01. The maximum absolute atomic E-state index is 13.0. The van der Waals surface area contributed by atoms with E-state index in [4.69, 9.17) is 16.3 Å². The largest absolute Gasteiger partial charge is 0.477 e. The van der Waals surface area contributed by atoms with Gasteiger partial charge in [-0.15, -0.1) is 0 Å². The second kappa shape index (κ2) is 10.1. The van der Waals surface area contributed by atoms with Crippen molar-refractivity contribution in [1.29, 1.82) is 0 Å². The van der Waals surface area contributed by atoms with Crippen LogP contribution in [0.2, 0.25) is 5.02 Å². The Balaban J connectivity index is 1.36. The van der Waals surface area contributed by atoms with Crippen LogP contribution in [0.1, 0.15) is 45.1 Å². The van der Waals surface area contributed by atoms with Gasteiger partial charge in [0.1, 0.15) is 22.6 Å². The number of nitrogens with zero attached hydrogens (tertiary/aromatic N) is 5. The van der Waals surface area contributed by atoms with E-state index in [1.54, 1.807) is 14.0 Å². The Bertz CT molecular complexity index is 1300. The second-order valence-electron chi connectivity index (χ2n) is 9.07. The molecule has 2 atom stereocenters. The number of rotatable bonds is 8. The average molecular weight is 599 g/mol. The molecule has 1 amide bonds. The van der Waals surface area contributed by atoms with Gasteiger partial charge < -0.3 is 25.0 Å². The number of ether oxygens (including phenoxy) is 1. The highest BCUT2D eigenvalue weighted by Crippen LogP contribution is 2.35. The Morgan fingerprint density at radius 3 is 2.78 bits per heavy atom. The van der Waals surface area contributed by atoms with E-state index in [9.17, 15) is 14.7 Å². The molecule has 0 spiro atoms. The van der Waals surface area contributed by atoms with E-state index in [2.05, 4.69) is 41.3 Å². The molecule has 14 heteroatoms. The monoisotopic (exact) mass is 597 g/mol. The van der Waals surface area contributed by atoms with Crippen LogP contribution in [0.3, 0.4) is 0 Å². The predicted molar refractivity (Wildman–Crippen MR) is 138 cm³/mol. The Morgan fingerprint density at radius 2 is 2.17 bits per heavy atom. The van der Waals surface area contributed by atoms with Crippen LogP contribution in [0.25, 0.3) is 11.5 Å². The van der Waals surface area contributed by atoms with Crippen molar-refractivity contribution in [2.24, 2.45) is 13.0 Å². The van der Waals surface area contributed by atoms with E-state index in [1.807, 2.05) is 4.90 Å². The van der Waals surface area contributed by atoms with Crippen LogP contribution >= 0.6 is 38.9 Å². The molecule has 5 rings (SSSR count). The molecule has 0 bridgehead atoms. The summed E-state index contributed by atoms with van der Waals surface area (Å²) in [4.78, 5) is 38.9. The molecule has 0 aromatic carbocycles. The molecular formula is C22H25BrClN7O4S. The third-order valence-electron chi connectivity index (χ3n) is 6.40. The van der Waals surface area contributed by atoms with Gasteiger partial charge in [-0.2, -0.15) is 5.10 Å². The number of piperidine rings is 1. The smallest absolute Gasteiger partial charge is 0.348 e. The molecule has 0 radical (unpaired) electrons. The number of anilines is 1. The number of aromatic carboxylic acids is 1. The number of carbonyl (C=O) groups is 2. The van der Waals surface area contributed by atoms with Gasteiger partial charge in [0.05, 0.1) is 21.6 Å².